The monoisotopic (exact) mass is 366 g/mol. The fourth-order valence-corrected chi connectivity index (χ4v) is 4.36. The molecule has 0 spiro atoms. The van der Waals surface area contributed by atoms with Crippen LogP contribution in [-0.4, -0.2) is 58.3 Å². The van der Waals surface area contributed by atoms with E-state index in [4.69, 9.17) is 0 Å². The van der Waals surface area contributed by atoms with E-state index in [-0.39, 0.29) is 0 Å². The molecule has 1 aromatic rings. The van der Waals surface area contributed by atoms with Crippen molar-refractivity contribution in [3.63, 3.8) is 0 Å². The van der Waals surface area contributed by atoms with Crippen LogP contribution in [0.25, 0.3) is 0 Å². The van der Waals surface area contributed by atoms with E-state index in [0.717, 1.165) is 30.2 Å². The van der Waals surface area contributed by atoms with Crippen molar-refractivity contribution in [3.8, 4) is 0 Å². The molecule has 0 amide bonds. The maximum Gasteiger partial charge on any atom is 0.191 e. The average Bonchev–Trinajstić information content (AvgIpc) is 3.01. The maximum atomic E-state index is 11.7. The quantitative estimate of drug-likeness (QED) is 0.590. The first-order valence-electron chi connectivity index (χ1n) is 8.83. The number of nitrogens with one attached hydrogen (secondary N) is 2. The Bertz CT molecular complexity index is 716. The van der Waals surface area contributed by atoms with Crippen LogP contribution in [0.15, 0.2) is 28.1 Å². The van der Waals surface area contributed by atoms with Gasteiger partial charge in [-0.2, -0.15) is 0 Å². The molecule has 0 aromatic heterocycles. The molecule has 1 aliphatic rings. The van der Waals surface area contributed by atoms with Crippen molar-refractivity contribution >= 4 is 15.8 Å². The van der Waals surface area contributed by atoms with Gasteiger partial charge >= 0.3 is 0 Å². The highest BCUT2D eigenvalue weighted by Gasteiger charge is 2.22. The van der Waals surface area contributed by atoms with Gasteiger partial charge in [0, 0.05) is 32.4 Å². The third-order valence-corrected chi connectivity index (χ3v) is 5.99. The summed E-state index contributed by atoms with van der Waals surface area (Å²) in [5.74, 6) is 0.771. The van der Waals surface area contributed by atoms with Crippen LogP contribution in [-0.2, 0) is 16.4 Å². The predicted octanol–water partition coefficient (Wildman–Crippen LogP) is 1.55. The van der Waals surface area contributed by atoms with E-state index in [0.29, 0.717) is 17.5 Å². The topological polar surface area (TPSA) is 73.8 Å². The highest BCUT2D eigenvalue weighted by molar-refractivity contribution is 7.90. The highest BCUT2D eigenvalue weighted by atomic mass is 32.2. The Balaban J connectivity index is 1.89. The number of rotatable bonds is 6. The van der Waals surface area contributed by atoms with Crippen LogP contribution in [0, 0.1) is 6.92 Å². The number of benzene rings is 1. The molecule has 140 valence electrons. The second kappa shape index (κ2) is 8.67. The molecule has 0 saturated carbocycles. The molecule has 0 aliphatic carbocycles. The number of guanidine groups is 1. The molecule has 6 nitrogen and oxygen atoms in total. The summed E-state index contributed by atoms with van der Waals surface area (Å²) < 4.78 is 23.4. The molecule has 1 aromatic carbocycles. The first-order chi connectivity index (χ1) is 11.8. The Hall–Kier alpha value is -1.60. The Labute approximate surface area is 151 Å². The van der Waals surface area contributed by atoms with Gasteiger partial charge in [-0.15, -0.1) is 0 Å². The van der Waals surface area contributed by atoms with Gasteiger partial charge in [0.05, 0.1) is 4.90 Å². The first-order valence-corrected chi connectivity index (χ1v) is 10.7. The van der Waals surface area contributed by atoms with Crippen molar-refractivity contribution in [2.24, 2.45) is 4.99 Å². The van der Waals surface area contributed by atoms with Crippen molar-refractivity contribution in [2.75, 3.05) is 32.9 Å². The van der Waals surface area contributed by atoms with Crippen LogP contribution in [0.2, 0.25) is 0 Å². The minimum absolute atomic E-state index is 0.389. The van der Waals surface area contributed by atoms with E-state index in [2.05, 4.69) is 27.4 Å². The number of nitrogens with zero attached hydrogens (tertiary/aromatic N) is 2. The number of sulfone groups is 1. The van der Waals surface area contributed by atoms with Gasteiger partial charge in [-0.3, -0.25) is 9.89 Å². The predicted molar refractivity (Wildman–Crippen MR) is 103 cm³/mol. The van der Waals surface area contributed by atoms with Crippen molar-refractivity contribution in [1.29, 1.82) is 0 Å². The average molecular weight is 367 g/mol. The number of likely N-dealkylation sites (N-methyl/N-ethyl adjacent to an activating group) is 1. The zero-order chi connectivity index (χ0) is 18.4. The first kappa shape index (κ1) is 19.7. The van der Waals surface area contributed by atoms with E-state index in [1.54, 1.807) is 13.1 Å². The zero-order valence-corrected chi connectivity index (χ0v) is 16.5. The lowest BCUT2D eigenvalue weighted by molar-refractivity contribution is 0.267. The van der Waals surface area contributed by atoms with Gasteiger partial charge in [0.2, 0.25) is 0 Å². The van der Waals surface area contributed by atoms with Crippen LogP contribution >= 0.6 is 0 Å². The molecule has 0 bridgehead atoms. The number of aryl methyl sites for hydroxylation is 1. The van der Waals surface area contributed by atoms with Crippen LogP contribution in [0.4, 0.5) is 0 Å². The Kier molecular flexibility index (Phi) is 6.84. The molecule has 1 saturated heterocycles. The summed E-state index contributed by atoms with van der Waals surface area (Å²) in [6, 6.07) is 6.00. The molecule has 1 unspecified atom stereocenters. The molecule has 2 rings (SSSR count). The molecule has 1 atom stereocenters. The summed E-state index contributed by atoms with van der Waals surface area (Å²) >= 11 is 0. The molecular formula is C18H30N4O2S. The normalized spacial score (nSPS) is 19.2. The summed E-state index contributed by atoms with van der Waals surface area (Å²) in [5.41, 5.74) is 1.80. The van der Waals surface area contributed by atoms with Crippen LogP contribution in [0.5, 0.6) is 0 Å². The molecule has 1 heterocycles. The van der Waals surface area contributed by atoms with E-state index >= 15 is 0 Å². The van der Waals surface area contributed by atoms with Crippen molar-refractivity contribution < 1.29 is 8.42 Å². The van der Waals surface area contributed by atoms with Crippen molar-refractivity contribution in [1.82, 2.24) is 15.5 Å². The van der Waals surface area contributed by atoms with Crippen molar-refractivity contribution in [3.05, 3.63) is 29.3 Å². The van der Waals surface area contributed by atoms with Gasteiger partial charge < -0.3 is 10.6 Å². The Morgan fingerprint density at radius 1 is 1.36 bits per heavy atom. The molecular weight excluding hydrogens is 336 g/mol. The molecule has 2 N–H and O–H groups in total. The van der Waals surface area contributed by atoms with Gasteiger partial charge in [-0.1, -0.05) is 19.1 Å². The second-order valence-corrected chi connectivity index (χ2v) is 8.59. The zero-order valence-electron chi connectivity index (χ0n) is 15.7. The number of aliphatic imine (C=N–C) groups is 1. The fourth-order valence-electron chi connectivity index (χ4n) is 3.40. The van der Waals surface area contributed by atoms with Crippen LogP contribution in [0.3, 0.4) is 0 Å². The fraction of sp³-hybridized carbons (Fsp3) is 0.611. The van der Waals surface area contributed by atoms with E-state index in [9.17, 15) is 8.42 Å². The van der Waals surface area contributed by atoms with Gasteiger partial charge in [0.1, 0.15) is 0 Å². The maximum absolute atomic E-state index is 11.7. The summed E-state index contributed by atoms with van der Waals surface area (Å²) in [4.78, 5) is 7.16. The summed E-state index contributed by atoms with van der Waals surface area (Å²) in [5, 5.41) is 6.70. The van der Waals surface area contributed by atoms with Gasteiger partial charge in [0.15, 0.2) is 15.8 Å². The van der Waals surface area contributed by atoms with Crippen LogP contribution in [0.1, 0.15) is 30.9 Å². The number of hydrogen-bond acceptors (Lipinski definition) is 4. The number of likely N-dealkylation sites (tertiary alicyclic amines) is 1. The van der Waals surface area contributed by atoms with E-state index < -0.39 is 9.84 Å². The molecule has 1 aliphatic heterocycles. The standard InChI is InChI=1S/C18H30N4O2S/c1-5-22-10-6-7-16(22)13-21-18(19-3)20-12-15-8-9-17(14(2)11-15)25(4,23)24/h8-9,11,16H,5-7,10,12-13H2,1-4H3,(H2,19,20,21). The minimum Gasteiger partial charge on any atom is -0.355 e. The highest BCUT2D eigenvalue weighted by Crippen LogP contribution is 2.17. The Morgan fingerprint density at radius 2 is 2.12 bits per heavy atom. The molecule has 0 radical (unpaired) electrons. The third kappa shape index (κ3) is 5.44. The molecule has 1 fully saturated rings. The number of hydrogen-bond donors (Lipinski definition) is 2. The SMILES string of the molecule is CCN1CCCC1CNC(=NC)NCc1ccc(S(C)(=O)=O)c(C)c1. The summed E-state index contributed by atoms with van der Waals surface area (Å²) in [6.45, 7) is 7.79. The third-order valence-electron chi connectivity index (χ3n) is 4.73. The van der Waals surface area contributed by atoms with Gasteiger partial charge in [-0.05, 0) is 50.0 Å². The van der Waals surface area contributed by atoms with Crippen LogP contribution < -0.4 is 10.6 Å². The van der Waals surface area contributed by atoms with E-state index in [1.807, 2.05) is 19.1 Å². The van der Waals surface area contributed by atoms with Crippen molar-refractivity contribution in [2.45, 2.75) is 44.2 Å². The van der Waals surface area contributed by atoms with Gasteiger partial charge in [0.25, 0.3) is 0 Å². The molecule has 25 heavy (non-hydrogen) atoms. The minimum atomic E-state index is -3.17. The summed E-state index contributed by atoms with van der Waals surface area (Å²) in [6.07, 6.45) is 3.73. The Morgan fingerprint density at radius 3 is 2.72 bits per heavy atom. The molecule has 7 heteroatoms. The largest absolute Gasteiger partial charge is 0.355 e. The van der Waals surface area contributed by atoms with E-state index in [1.165, 1.54) is 25.6 Å². The smallest absolute Gasteiger partial charge is 0.191 e. The second-order valence-electron chi connectivity index (χ2n) is 6.60. The lowest BCUT2D eigenvalue weighted by Gasteiger charge is -2.24. The lowest BCUT2D eigenvalue weighted by atomic mass is 10.1. The lowest BCUT2D eigenvalue weighted by Crippen LogP contribution is -2.44. The van der Waals surface area contributed by atoms with Gasteiger partial charge in [-0.25, -0.2) is 8.42 Å². The summed E-state index contributed by atoms with van der Waals surface area (Å²) in [7, 11) is -1.41.